The molecule has 1 aliphatic carbocycles. The number of fused-ring (bicyclic) bond motifs is 3. The van der Waals surface area contributed by atoms with E-state index in [1.54, 1.807) is 0 Å². The molecule has 2 nitrogen and oxygen atoms in total. The van der Waals surface area contributed by atoms with Gasteiger partial charge in [-0.3, -0.25) is 0 Å². The molecule has 0 amide bonds. The van der Waals surface area contributed by atoms with Crippen molar-refractivity contribution in [2.24, 2.45) is 5.92 Å². The third kappa shape index (κ3) is 1.49. The molecule has 78 valence electrons. The van der Waals surface area contributed by atoms with Crippen LogP contribution < -0.4 is 0 Å². The van der Waals surface area contributed by atoms with Gasteiger partial charge in [-0.05, 0) is 52.7 Å². The van der Waals surface area contributed by atoms with Gasteiger partial charge in [0, 0.05) is 21.7 Å². The quantitative estimate of drug-likeness (QED) is 0.776. The van der Waals surface area contributed by atoms with Crippen molar-refractivity contribution in [1.82, 2.24) is 9.97 Å². The van der Waals surface area contributed by atoms with Crippen LogP contribution in [0.5, 0.6) is 0 Å². The average Bonchev–Trinajstić information content (AvgIpc) is 2.56. The molecule has 1 atom stereocenters. The maximum Gasteiger partial charge on any atom is 0.137 e. The Morgan fingerprint density at radius 1 is 1.53 bits per heavy atom. The van der Waals surface area contributed by atoms with E-state index in [1.807, 2.05) is 6.20 Å². The fourth-order valence-electron chi connectivity index (χ4n) is 2.44. The van der Waals surface area contributed by atoms with Crippen LogP contribution in [0.25, 0.3) is 11.0 Å². The second-order valence-corrected chi connectivity index (χ2v) is 5.40. The number of halogens is 1. The molecule has 2 aromatic heterocycles. The maximum atomic E-state index is 4.41. The third-order valence-electron chi connectivity index (χ3n) is 3.25. The topological polar surface area (TPSA) is 28.7 Å². The molecule has 0 bridgehead atoms. The van der Waals surface area contributed by atoms with Crippen molar-refractivity contribution in [1.29, 1.82) is 0 Å². The summed E-state index contributed by atoms with van der Waals surface area (Å²) in [6.07, 6.45) is 5.51. The minimum atomic E-state index is 0.801. The standard InChI is InChI=1S/C12H13BrN2/c1-7-2-3-11-9(4-7)10-5-8(13)6-14-12(10)15-11/h5-7H,2-4H2,1H3,(H,14,15). The van der Waals surface area contributed by atoms with Gasteiger partial charge in [0.2, 0.25) is 0 Å². The zero-order valence-corrected chi connectivity index (χ0v) is 10.3. The van der Waals surface area contributed by atoms with Gasteiger partial charge in [0.25, 0.3) is 0 Å². The van der Waals surface area contributed by atoms with Gasteiger partial charge in [-0.15, -0.1) is 0 Å². The minimum Gasteiger partial charge on any atom is -0.343 e. The highest BCUT2D eigenvalue weighted by atomic mass is 79.9. The van der Waals surface area contributed by atoms with Crippen LogP contribution in [0.2, 0.25) is 0 Å². The Labute approximate surface area is 97.2 Å². The Hall–Kier alpha value is -0.830. The first-order valence-electron chi connectivity index (χ1n) is 5.39. The van der Waals surface area contributed by atoms with Gasteiger partial charge in [-0.2, -0.15) is 0 Å². The Bertz CT molecular complexity index is 516. The van der Waals surface area contributed by atoms with Crippen LogP contribution in [0.15, 0.2) is 16.7 Å². The molecule has 1 N–H and O–H groups in total. The van der Waals surface area contributed by atoms with E-state index in [0.717, 1.165) is 16.0 Å². The maximum absolute atomic E-state index is 4.41. The highest BCUT2D eigenvalue weighted by Crippen LogP contribution is 2.31. The molecule has 0 saturated heterocycles. The highest BCUT2D eigenvalue weighted by Gasteiger charge is 2.20. The molecule has 3 rings (SSSR count). The van der Waals surface area contributed by atoms with Crippen LogP contribution in [0.4, 0.5) is 0 Å². The van der Waals surface area contributed by atoms with Crippen LogP contribution in [-0.2, 0) is 12.8 Å². The fourth-order valence-corrected chi connectivity index (χ4v) is 2.77. The van der Waals surface area contributed by atoms with Crippen LogP contribution in [0.3, 0.4) is 0 Å². The van der Waals surface area contributed by atoms with Gasteiger partial charge in [-0.1, -0.05) is 6.92 Å². The largest absolute Gasteiger partial charge is 0.343 e. The molecule has 1 aliphatic rings. The van der Waals surface area contributed by atoms with Gasteiger partial charge in [0.15, 0.2) is 0 Å². The number of nitrogens with zero attached hydrogens (tertiary/aromatic N) is 1. The summed E-state index contributed by atoms with van der Waals surface area (Å²) in [5.41, 5.74) is 3.92. The summed E-state index contributed by atoms with van der Waals surface area (Å²) in [5.74, 6) is 0.801. The van der Waals surface area contributed by atoms with Crippen molar-refractivity contribution in [3.63, 3.8) is 0 Å². The zero-order chi connectivity index (χ0) is 10.4. The zero-order valence-electron chi connectivity index (χ0n) is 8.68. The Morgan fingerprint density at radius 2 is 2.40 bits per heavy atom. The number of pyridine rings is 1. The summed E-state index contributed by atoms with van der Waals surface area (Å²) >= 11 is 3.48. The van der Waals surface area contributed by atoms with Crippen LogP contribution >= 0.6 is 15.9 Å². The lowest BCUT2D eigenvalue weighted by Gasteiger charge is -2.17. The average molecular weight is 265 g/mol. The number of hydrogen-bond acceptors (Lipinski definition) is 1. The summed E-state index contributed by atoms with van der Waals surface area (Å²) in [4.78, 5) is 7.84. The second kappa shape index (κ2) is 3.34. The Kier molecular flexibility index (Phi) is 2.09. The summed E-state index contributed by atoms with van der Waals surface area (Å²) < 4.78 is 1.06. The van der Waals surface area contributed by atoms with Gasteiger partial charge in [-0.25, -0.2) is 4.98 Å². The molecule has 1 unspecified atom stereocenters. The molecule has 3 heteroatoms. The monoisotopic (exact) mass is 264 g/mol. The number of rotatable bonds is 0. The Morgan fingerprint density at radius 3 is 3.27 bits per heavy atom. The van der Waals surface area contributed by atoms with Crippen molar-refractivity contribution in [2.45, 2.75) is 26.2 Å². The Balaban J connectivity index is 2.25. The molecular formula is C12H13BrN2. The molecule has 0 radical (unpaired) electrons. The normalized spacial score (nSPS) is 20.5. The lowest BCUT2D eigenvalue weighted by Crippen LogP contribution is -2.09. The number of hydrogen-bond donors (Lipinski definition) is 1. The van der Waals surface area contributed by atoms with Gasteiger partial charge < -0.3 is 4.98 Å². The molecule has 2 heterocycles. The van der Waals surface area contributed by atoms with E-state index in [0.29, 0.717) is 0 Å². The smallest absolute Gasteiger partial charge is 0.137 e. The van der Waals surface area contributed by atoms with E-state index >= 15 is 0 Å². The van der Waals surface area contributed by atoms with Crippen molar-refractivity contribution < 1.29 is 0 Å². The first kappa shape index (κ1) is 9.40. The summed E-state index contributed by atoms with van der Waals surface area (Å²) in [5, 5.41) is 1.30. The SMILES string of the molecule is CC1CCc2[nH]c3ncc(Br)cc3c2C1. The lowest BCUT2D eigenvalue weighted by molar-refractivity contribution is 0.499. The number of nitrogens with one attached hydrogen (secondary N) is 1. The van der Waals surface area contributed by atoms with E-state index in [9.17, 15) is 0 Å². The van der Waals surface area contributed by atoms with E-state index in [1.165, 1.54) is 35.9 Å². The van der Waals surface area contributed by atoms with E-state index in [4.69, 9.17) is 0 Å². The van der Waals surface area contributed by atoms with E-state index < -0.39 is 0 Å². The third-order valence-corrected chi connectivity index (χ3v) is 3.69. The molecule has 2 aromatic rings. The number of H-pyrrole nitrogens is 1. The predicted molar refractivity (Wildman–Crippen MR) is 65.0 cm³/mol. The number of aryl methyl sites for hydroxylation is 1. The summed E-state index contributed by atoms with van der Waals surface area (Å²) in [7, 11) is 0. The molecule has 0 aromatic carbocycles. The molecule has 0 spiro atoms. The van der Waals surface area contributed by atoms with Crippen molar-refractivity contribution in [3.05, 3.63) is 28.0 Å². The summed E-state index contributed by atoms with van der Waals surface area (Å²) in [6, 6.07) is 2.18. The number of aromatic nitrogens is 2. The molecule has 0 aliphatic heterocycles. The fraction of sp³-hybridized carbons (Fsp3) is 0.417. The first-order valence-corrected chi connectivity index (χ1v) is 6.18. The molecule has 0 fully saturated rings. The van der Waals surface area contributed by atoms with Crippen LogP contribution in [0.1, 0.15) is 24.6 Å². The van der Waals surface area contributed by atoms with Crippen LogP contribution in [-0.4, -0.2) is 9.97 Å². The summed E-state index contributed by atoms with van der Waals surface area (Å²) in [6.45, 7) is 2.33. The van der Waals surface area contributed by atoms with Crippen molar-refractivity contribution >= 4 is 27.0 Å². The first-order chi connectivity index (χ1) is 7.24. The lowest BCUT2D eigenvalue weighted by atomic mass is 9.88. The van der Waals surface area contributed by atoms with Gasteiger partial charge >= 0.3 is 0 Å². The van der Waals surface area contributed by atoms with Gasteiger partial charge in [0.1, 0.15) is 5.65 Å². The van der Waals surface area contributed by atoms with Crippen LogP contribution in [0, 0.1) is 5.92 Å². The van der Waals surface area contributed by atoms with E-state index in [2.05, 4.69) is 38.9 Å². The predicted octanol–water partition coefficient (Wildman–Crippen LogP) is 3.45. The minimum absolute atomic E-state index is 0.801. The highest BCUT2D eigenvalue weighted by molar-refractivity contribution is 9.10. The van der Waals surface area contributed by atoms with Crippen molar-refractivity contribution in [2.75, 3.05) is 0 Å². The molecule has 0 saturated carbocycles. The molecular weight excluding hydrogens is 252 g/mol. The second-order valence-electron chi connectivity index (χ2n) is 4.48. The molecule has 15 heavy (non-hydrogen) atoms. The van der Waals surface area contributed by atoms with Gasteiger partial charge in [0.05, 0.1) is 0 Å². The van der Waals surface area contributed by atoms with E-state index in [-0.39, 0.29) is 0 Å². The number of aromatic amines is 1. The van der Waals surface area contributed by atoms with Crippen molar-refractivity contribution in [3.8, 4) is 0 Å².